The Morgan fingerprint density at radius 3 is 2.31 bits per heavy atom. The molecular formula is C24H30N2O3. The van der Waals surface area contributed by atoms with Gasteiger partial charge in [-0.15, -0.1) is 0 Å². The molecule has 0 bridgehead atoms. The van der Waals surface area contributed by atoms with E-state index in [1.54, 1.807) is 37.4 Å². The van der Waals surface area contributed by atoms with Crippen LogP contribution in [-0.4, -0.2) is 31.0 Å². The molecule has 2 aromatic carbocycles. The maximum atomic E-state index is 13.0. The Bertz CT molecular complexity index is 839. The van der Waals surface area contributed by atoms with Gasteiger partial charge in [0.2, 0.25) is 0 Å². The maximum Gasteiger partial charge on any atom is 0.258 e. The molecule has 1 saturated carbocycles. The number of anilines is 1. The van der Waals surface area contributed by atoms with E-state index in [9.17, 15) is 9.59 Å². The van der Waals surface area contributed by atoms with Crippen molar-refractivity contribution >= 4 is 17.5 Å². The molecule has 0 aromatic heterocycles. The zero-order valence-corrected chi connectivity index (χ0v) is 17.5. The molecule has 1 N–H and O–H groups in total. The summed E-state index contributed by atoms with van der Waals surface area (Å²) in [4.78, 5) is 27.4. The van der Waals surface area contributed by atoms with E-state index in [4.69, 9.17) is 4.74 Å². The van der Waals surface area contributed by atoms with Crippen LogP contribution in [0.2, 0.25) is 0 Å². The largest absolute Gasteiger partial charge is 0.491 e. The summed E-state index contributed by atoms with van der Waals surface area (Å²) in [6.45, 7) is 3.92. The zero-order valence-electron chi connectivity index (χ0n) is 17.5. The fourth-order valence-corrected chi connectivity index (χ4v) is 3.72. The van der Waals surface area contributed by atoms with Gasteiger partial charge in [-0.1, -0.05) is 31.4 Å². The minimum absolute atomic E-state index is 0.0776. The molecular weight excluding hydrogens is 364 g/mol. The lowest BCUT2D eigenvalue weighted by Gasteiger charge is -2.25. The van der Waals surface area contributed by atoms with Crippen molar-refractivity contribution in [1.29, 1.82) is 0 Å². The SMILES string of the molecule is CC(C)Oc1ccc(C(=O)N(C)c2ccccc2C(=O)NC2CCCCC2)cc1. The van der Waals surface area contributed by atoms with Crippen molar-refractivity contribution in [3.8, 4) is 5.75 Å². The van der Waals surface area contributed by atoms with Gasteiger partial charge in [0.1, 0.15) is 5.75 Å². The number of rotatable bonds is 6. The van der Waals surface area contributed by atoms with Gasteiger partial charge >= 0.3 is 0 Å². The Kier molecular flexibility index (Phi) is 6.91. The minimum atomic E-state index is -0.168. The lowest BCUT2D eigenvalue weighted by molar-refractivity contribution is 0.0928. The van der Waals surface area contributed by atoms with Crippen molar-refractivity contribution < 1.29 is 14.3 Å². The van der Waals surface area contributed by atoms with Crippen LogP contribution < -0.4 is 15.0 Å². The molecule has 5 nitrogen and oxygen atoms in total. The molecule has 1 fully saturated rings. The summed E-state index contributed by atoms with van der Waals surface area (Å²) in [6, 6.07) is 14.6. The highest BCUT2D eigenvalue weighted by Gasteiger charge is 2.22. The number of para-hydroxylation sites is 1. The molecule has 0 spiro atoms. The number of carbonyl (C=O) groups is 2. The van der Waals surface area contributed by atoms with E-state index in [2.05, 4.69) is 5.32 Å². The second kappa shape index (κ2) is 9.59. The third-order valence-corrected chi connectivity index (χ3v) is 5.23. The molecule has 5 heteroatoms. The van der Waals surface area contributed by atoms with Crippen LogP contribution in [0.5, 0.6) is 5.75 Å². The Morgan fingerprint density at radius 1 is 1.00 bits per heavy atom. The highest BCUT2D eigenvalue weighted by Crippen LogP contribution is 2.24. The summed E-state index contributed by atoms with van der Waals surface area (Å²) in [5.41, 5.74) is 1.67. The van der Waals surface area contributed by atoms with Crippen LogP contribution in [0.3, 0.4) is 0 Å². The smallest absolute Gasteiger partial charge is 0.258 e. The Labute approximate surface area is 173 Å². The number of hydrogen-bond donors (Lipinski definition) is 1. The Morgan fingerprint density at radius 2 is 1.66 bits per heavy atom. The molecule has 0 atom stereocenters. The van der Waals surface area contributed by atoms with Crippen LogP contribution in [0.1, 0.15) is 66.7 Å². The number of hydrogen-bond acceptors (Lipinski definition) is 3. The first-order chi connectivity index (χ1) is 14.0. The number of nitrogens with zero attached hydrogens (tertiary/aromatic N) is 1. The third-order valence-electron chi connectivity index (χ3n) is 5.23. The number of ether oxygens (including phenoxy) is 1. The van der Waals surface area contributed by atoms with Gasteiger partial charge in [0.15, 0.2) is 0 Å². The normalized spacial score (nSPS) is 14.5. The van der Waals surface area contributed by atoms with Crippen LogP contribution in [-0.2, 0) is 0 Å². The van der Waals surface area contributed by atoms with Crippen LogP contribution in [0, 0.1) is 0 Å². The van der Waals surface area contributed by atoms with Gasteiger partial charge in [0.05, 0.1) is 17.4 Å². The highest BCUT2D eigenvalue weighted by atomic mass is 16.5. The summed E-state index contributed by atoms with van der Waals surface area (Å²) in [6.07, 6.45) is 5.67. The van der Waals surface area contributed by atoms with Gasteiger partial charge in [-0.3, -0.25) is 9.59 Å². The van der Waals surface area contributed by atoms with Crippen molar-refractivity contribution in [3.63, 3.8) is 0 Å². The van der Waals surface area contributed by atoms with Crippen molar-refractivity contribution in [2.75, 3.05) is 11.9 Å². The first-order valence-electron chi connectivity index (χ1n) is 10.4. The van der Waals surface area contributed by atoms with E-state index in [1.807, 2.05) is 32.0 Å². The standard InChI is InChI=1S/C24H30N2O3/c1-17(2)29-20-15-13-18(14-16-20)24(28)26(3)22-12-8-7-11-21(22)23(27)25-19-9-5-4-6-10-19/h7-8,11-17,19H,4-6,9-10H2,1-3H3,(H,25,27). The summed E-state index contributed by atoms with van der Waals surface area (Å²) in [7, 11) is 1.70. The first-order valence-corrected chi connectivity index (χ1v) is 10.4. The second-order valence-corrected chi connectivity index (χ2v) is 7.88. The molecule has 0 heterocycles. The van der Waals surface area contributed by atoms with Gasteiger partial charge < -0.3 is 15.0 Å². The molecule has 0 unspecified atom stereocenters. The van der Waals surface area contributed by atoms with Gasteiger partial charge in [0, 0.05) is 18.7 Å². The van der Waals surface area contributed by atoms with E-state index >= 15 is 0 Å². The molecule has 0 saturated heterocycles. The molecule has 29 heavy (non-hydrogen) atoms. The second-order valence-electron chi connectivity index (χ2n) is 7.88. The van der Waals surface area contributed by atoms with Gasteiger partial charge in [-0.05, 0) is 63.1 Å². The predicted molar refractivity (Wildman–Crippen MR) is 116 cm³/mol. The van der Waals surface area contributed by atoms with Crippen LogP contribution in [0.25, 0.3) is 0 Å². The highest BCUT2D eigenvalue weighted by molar-refractivity contribution is 6.10. The Balaban J connectivity index is 1.75. The molecule has 3 rings (SSSR count). The third kappa shape index (κ3) is 5.37. The Hall–Kier alpha value is -2.82. The molecule has 2 aromatic rings. The number of carbonyl (C=O) groups excluding carboxylic acids is 2. The van der Waals surface area contributed by atoms with Gasteiger partial charge in [0.25, 0.3) is 11.8 Å². The fourth-order valence-electron chi connectivity index (χ4n) is 3.72. The fraction of sp³-hybridized carbons (Fsp3) is 0.417. The van der Waals surface area contributed by atoms with Crippen LogP contribution >= 0.6 is 0 Å². The molecule has 154 valence electrons. The number of benzene rings is 2. The zero-order chi connectivity index (χ0) is 20.8. The summed E-state index contributed by atoms with van der Waals surface area (Å²) in [5, 5.41) is 3.14. The van der Waals surface area contributed by atoms with Crippen molar-refractivity contribution in [2.24, 2.45) is 0 Å². The van der Waals surface area contributed by atoms with E-state index in [-0.39, 0.29) is 24.0 Å². The molecule has 1 aliphatic carbocycles. The van der Waals surface area contributed by atoms with E-state index in [0.717, 1.165) is 31.4 Å². The first kappa shape index (κ1) is 20.9. The minimum Gasteiger partial charge on any atom is -0.491 e. The van der Waals surface area contributed by atoms with E-state index in [1.165, 1.54) is 11.3 Å². The lowest BCUT2D eigenvalue weighted by atomic mass is 9.95. The summed E-state index contributed by atoms with van der Waals surface area (Å²) >= 11 is 0. The topological polar surface area (TPSA) is 58.6 Å². The summed E-state index contributed by atoms with van der Waals surface area (Å²) in [5.74, 6) is 0.443. The predicted octanol–water partition coefficient (Wildman–Crippen LogP) is 4.81. The number of amides is 2. The van der Waals surface area contributed by atoms with Crippen LogP contribution in [0.4, 0.5) is 5.69 Å². The monoisotopic (exact) mass is 394 g/mol. The van der Waals surface area contributed by atoms with Crippen molar-refractivity contribution in [2.45, 2.75) is 58.1 Å². The average Bonchev–Trinajstić information content (AvgIpc) is 2.73. The maximum absolute atomic E-state index is 13.0. The summed E-state index contributed by atoms with van der Waals surface area (Å²) < 4.78 is 5.64. The van der Waals surface area contributed by atoms with Crippen molar-refractivity contribution in [1.82, 2.24) is 5.32 Å². The lowest BCUT2D eigenvalue weighted by Crippen LogP contribution is -2.37. The van der Waals surface area contributed by atoms with Gasteiger partial charge in [-0.2, -0.15) is 0 Å². The molecule has 2 amide bonds. The van der Waals surface area contributed by atoms with E-state index < -0.39 is 0 Å². The van der Waals surface area contributed by atoms with Crippen molar-refractivity contribution in [3.05, 3.63) is 59.7 Å². The van der Waals surface area contributed by atoms with Gasteiger partial charge in [-0.25, -0.2) is 0 Å². The molecule has 1 aliphatic rings. The van der Waals surface area contributed by atoms with E-state index in [0.29, 0.717) is 16.8 Å². The molecule has 0 aliphatic heterocycles. The molecule has 0 radical (unpaired) electrons. The van der Waals surface area contributed by atoms with Crippen LogP contribution in [0.15, 0.2) is 48.5 Å². The number of nitrogens with one attached hydrogen (secondary N) is 1. The average molecular weight is 395 g/mol. The quantitative estimate of drug-likeness (QED) is 0.765.